The van der Waals surface area contributed by atoms with E-state index in [9.17, 15) is 28.0 Å². The molecule has 2 fully saturated rings. The number of carbonyl (C=O) groups is 2. The van der Waals surface area contributed by atoms with Gasteiger partial charge in [0.25, 0.3) is 11.8 Å². The van der Waals surface area contributed by atoms with Crippen LogP contribution >= 0.6 is 7.14 Å². The van der Waals surface area contributed by atoms with Crippen molar-refractivity contribution in [3.8, 4) is 23.0 Å². The molecule has 4 heterocycles. The Balaban J connectivity index is 1.03. The molecular formula is C35H47F2N4O8P. The average Bonchev–Trinajstić information content (AvgIpc) is 3.62. The Labute approximate surface area is 291 Å². The molecule has 15 heteroatoms. The number of alkyl halides is 2. The number of nitrogens with zero attached hydrogens (tertiary/aromatic N) is 2. The number of aliphatic hydroxyl groups is 1. The lowest BCUT2D eigenvalue weighted by Gasteiger charge is -2.21. The Morgan fingerprint density at radius 3 is 1.60 bits per heavy atom. The van der Waals surface area contributed by atoms with Gasteiger partial charge in [0, 0.05) is 63.2 Å². The first kappa shape index (κ1) is 36.0. The summed E-state index contributed by atoms with van der Waals surface area (Å²) in [6.07, 6.45) is 1.23. The van der Waals surface area contributed by atoms with Crippen molar-refractivity contribution in [2.75, 3.05) is 89.3 Å². The van der Waals surface area contributed by atoms with Crippen LogP contribution in [0.4, 0.5) is 20.2 Å². The van der Waals surface area contributed by atoms with Gasteiger partial charge < -0.3 is 49.1 Å². The molecule has 0 aromatic heterocycles. The second-order valence-electron chi connectivity index (χ2n) is 13.5. The molecule has 2 saturated heterocycles. The minimum Gasteiger partial charge on any atom is -0.493 e. The summed E-state index contributed by atoms with van der Waals surface area (Å²) in [5, 5.41) is 16.0. The van der Waals surface area contributed by atoms with Gasteiger partial charge in [-0.15, -0.1) is 0 Å². The van der Waals surface area contributed by atoms with Crippen LogP contribution < -0.4 is 29.6 Å². The third-order valence-electron chi connectivity index (χ3n) is 10.0. The van der Waals surface area contributed by atoms with E-state index < -0.39 is 19.5 Å². The molecule has 2 aromatic rings. The third-order valence-corrected chi connectivity index (χ3v) is 13.4. The largest absolute Gasteiger partial charge is 0.493 e. The summed E-state index contributed by atoms with van der Waals surface area (Å²) < 4.78 is 65.2. The first-order chi connectivity index (χ1) is 24.1. The molecule has 2 amide bonds. The van der Waals surface area contributed by atoms with Crippen molar-refractivity contribution in [1.82, 2.24) is 9.80 Å². The smallest absolute Gasteiger partial charge is 0.256 e. The summed E-state index contributed by atoms with van der Waals surface area (Å²) in [6, 6.07) is 6.28. The lowest BCUT2D eigenvalue weighted by molar-refractivity contribution is 0.0735. The van der Waals surface area contributed by atoms with E-state index in [0.717, 1.165) is 0 Å². The van der Waals surface area contributed by atoms with Crippen molar-refractivity contribution in [2.45, 2.75) is 56.5 Å². The van der Waals surface area contributed by atoms with Gasteiger partial charge in [-0.05, 0) is 31.4 Å². The molecule has 2 unspecified atom stereocenters. The van der Waals surface area contributed by atoms with Gasteiger partial charge >= 0.3 is 0 Å². The predicted octanol–water partition coefficient (Wildman–Crippen LogP) is 4.64. The SMILES string of the molecule is COc1cc2c(cc1OCCCP(=O)(CCCO)CCCOc1cc3c(cc1OC)C(=O)N1CC(F)C[C@H]1CN3)NC[C@@H]1CC(F)CN1C2=O. The summed E-state index contributed by atoms with van der Waals surface area (Å²) in [7, 11) is 0.302. The molecule has 274 valence electrons. The van der Waals surface area contributed by atoms with Crippen LogP contribution in [-0.4, -0.2) is 130 Å². The van der Waals surface area contributed by atoms with Crippen molar-refractivity contribution in [3.05, 3.63) is 35.4 Å². The molecule has 4 aliphatic heterocycles. The van der Waals surface area contributed by atoms with Gasteiger partial charge in [-0.25, -0.2) is 8.78 Å². The van der Waals surface area contributed by atoms with Crippen LogP contribution in [0.15, 0.2) is 24.3 Å². The van der Waals surface area contributed by atoms with Gasteiger partial charge in [0.05, 0.1) is 82.3 Å². The van der Waals surface area contributed by atoms with Gasteiger partial charge in [0.15, 0.2) is 23.0 Å². The monoisotopic (exact) mass is 720 g/mol. The fraction of sp³-hybridized carbons (Fsp3) is 0.600. The Bertz CT molecular complexity index is 1510. The minimum absolute atomic E-state index is 0.0539. The van der Waals surface area contributed by atoms with Crippen LogP contribution in [0.2, 0.25) is 0 Å². The fourth-order valence-electron chi connectivity index (χ4n) is 7.44. The first-order valence-electron chi connectivity index (χ1n) is 17.4. The van der Waals surface area contributed by atoms with E-state index in [1.54, 1.807) is 34.1 Å². The number of aliphatic hydroxyl groups excluding tert-OH is 1. The summed E-state index contributed by atoms with van der Waals surface area (Å²) in [4.78, 5) is 29.5. The number of carbonyl (C=O) groups excluding carboxylic acids is 2. The summed E-state index contributed by atoms with van der Waals surface area (Å²) in [6.45, 7) is 1.53. The van der Waals surface area contributed by atoms with Crippen molar-refractivity contribution >= 4 is 30.3 Å². The van der Waals surface area contributed by atoms with Gasteiger partial charge in [-0.1, -0.05) is 0 Å². The number of rotatable bonds is 15. The predicted molar refractivity (Wildman–Crippen MR) is 186 cm³/mol. The van der Waals surface area contributed by atoms with Crippen molar-refractivity contribution in [1.29, 1.82) is 0 Å². The highest BCUT2D eigenvalue weighted by Gasteiger charge is 2.40. The van der Waals surface area contributed by atoms with Crippen LogP contribution in [-0.2, 0) is 4.57 Å². The zero-order valence-corrected chi connectivity index (χ0v) is 29.5. The first-order valence-corrected chi connectivity index (χ1v) is 19.6. The lowest BCUT2D eigenvalue weighted by atomic mass is 10.1. The zero-order chi connectivity index (χ0) is 35.4. The number of benzene rings is 2. The topological polar surface area (TPSA) is 139 Å². The maximum absolute atomic E-state index is 14.0. The second-order valence-corrected chi connectivity index (χ2v) is 16.9. The molecule has 2 aromatic carbocycles. The summed E-state index contributed by atoms with van der Waals surface area (Å²) in [5.41, 5.74) is 2.03. The highest BCUT2D eigenvalue weighted by Crippen LogP contribution is 2.48. The number of fused-ring (bicyclic) bond motifs is 4. The maximum atomic E-state index is 14.0. The normalized spacial score (nSPS) is 23.7. The molecule has 6 rings (SSSR count). The van der Waals surface area contributed by atoms with Crippen molar-refractivity contribution in [3.63, 3.8) is 0 Å². The zero-order valence-electron chi connectivity index (χ0n) is 28.6. The third kappa shape index (κ3) is 7.76. The molecule has 0 bridgehead atoms. The maximum Gasteiger partial charge on any atom is 0.256 e. The van der Waals surface area contributed by atoms with Crippen LogP contribution in [0, 0.1) is 0 Å². The standard InChI is InChI=1S/C35H47F2N4O8P/c1-46-30-14-26-28(38-18-24-12-22(36)20-40(24)34(26)43)16-32(30)48-7-4-10-50(45,9-3-6-42)11-5-8-49-33-17-29-27(15-31(33)47-2)35(44)41-21-23(37)13-25(41)19-39-29/h14-17,22-25,38-39,42H,3-13,18-21H2,1-2H3/t22?,23?,24-,25-,50?/m0/s1. The molecule has 0 radical (unpaired) electrons. The highest BCUT2D eigenvalue weighted by atomic mass is 31.2. The Morgan fingerprint density at radius 1 is 0.740 bits per heavy atom. The van der Waals surface area contributed by atoms with Gasteiger partial charge in [0.2, 0.25) is 0 Å². The molecule has 4 aliphatic rings. The highest BCUT2D eigenvalue weighted by molar-refractivity contribution is 7.63. The second kappa shape index (κ2) is 15.6. The van der Waals surface area contributed by atoms with Crippen LogP contribution in [0.3, 0.4) is 0 Å². The molecule has 50 heavy (non-hydrogen) atoms. The Hall–Kier alpha value is -3.77. The van der Waals surface area contributed by atoms with Gasteiger partial charge in [-0.2, -0.15) is 0 Å². The molecule has 12 nitrogen and oxygen atoms in total. The summed E-state index contributed by atoms with van der Waals surface area (Å²) in [5.74, 6) is 1.20. The molecule has 0 spiro atoms. The summed E-state index contributed by atoms with van der Waals surface area (Å²) >= 11 is 0. The number of anilines is 2. The van der Waals surface area contributed by atoms with Gasteiger partial charge in [0.1, 0.15) is 12.3 Å². The quantitative estimate of drug-likeness (QED) is 0.176. The van der Waals surface area contributed by atoms with Crippen LogP contribution in [0.5, 0.6) is 23.0 Å². The van der Waals surface area contributed by atoms with Crippen LogP contribution in [0.25, 0.3) is 0 Å². The molecular weight excluding hydrogens is 673 g/mol. The number of halogens is 2. The minimum atomic E-state index is -2.68. The van der Waals surface area contributed by atoms with E-state index in [0.29, 0.717) is 109 Å². The van der Waals surface area contributed by atoms with E-state index in [1.165, 1.54) is 14.2 Å². The number of hydrogen-bond acceptors (Lipinski definition) is 10. The molecule has 0 aliphatic carbocycles. The lowest BCUT2D eigenvalue weighted by Crippen LogP contribution is -2.37. The van der Waals surface area contributed by atoms with Crippen molar-refractivity contribution in [2.24, 2.45) is 0 Å². The van der Waals surface area contributed by atoms with E-state index in [1.807, 2.05) is 0 Å². The number of methoxy groups -OCH3 is 2. The number of nitrogens with one attached hydrogen (secondary N) is 2. The Morgan fingerprint density at radius 2 is 1.18 bits per heavy atom. The Kier molecular flexibility index (Phi) is 11.3. The van der Waals surface area contributed by atoms with Crippen LogP contribution in [0.1, 0.15) is 52.8 Å². The molecule has 0 saturated carbocycles. The fourth-order valence-corrected chi connectivity index (χ4v) is 10.2. The number of hydrogen-bond donors (Lipinski definition) is 3. The van der Waals surface area contributed by atoms with Gasteiger partial charge in [-0.3, -0.25) is 9.59 Å². The molecule has 4 atom stereocenters. The number of ether oxygens (including phenoxy) is 4. The van der Waals surface area contributed by atoms with E-state index in [2.05, 4.69) is 10.6 Å². The molecule has 3 N–H and O–H groups in total. The number of amides is 2. The average molecular weight is 721 g/mol. The van der Waals surface area contributed by atoms with E-state index >= 15 is 0 Å². The van der Waals surface area contributed by atoms with E-state index in [4.69, 9.17) is 18.9 Å². The van der Waals surface area contributed by atoms with Crippen molar-refractivity contribution < 1.29 is 47.0 Å². The van der Waals surface area contributed by atoms with E-state index in [-0.39, 0.29) is 56.8 Å².